The average molecular weight is 386 g/mol. The number of nitrogens with zero attached hydrogens (tertiary/aromatic N) is 6. The summed E-state index contributed by atoms with van der Waals surface area (Å²) in [5.41, 5.74) is 6.46. The average Bonchev–Trinajstić information content (AvgIpc) is 3.23. The minimum atomic E-state index is -0.319. The predicted molar refractivity (Wildman–Crippen MR) is 108 cm³/mol. The van der Waals surface area contributed by atoms with E-state index >= 15 is 0 Å². The van der Waals surface area contributed by atoms with Gasteiger partial charge in [0, 0.05) is 18.1 Å². The molecule has 0 bridgehead atoms. The van der Waals surface area contributed by atoms with Crippen LogP contribution >= 0.6 is 0 Å². The van der Waals surface area contributed by atoms with Gasteiger partial charge in [0.1, 0.15) is 6.33 Å². The van der Waals surface area contributed by atoms with Crippen LogP contribution < -0.4 is 0 Å². The van der Waals surface area contributed by atoms with Crippen molar-refractivity contribution >= 4 is 5.71 Å². The summed E-state index contributed by atoms with van der Waals surface area (Å²) in [6.45, 7) is 5.97. The van der Waals surface area contributed by atoms with Crippen molar-refractivity contribution in [2.75, 3.05) is 6.54 Å². The molecule has 0 saturated carbocycles. The molecule has 1 aromatic carbocycles. The zero-order chi connectivity index (χ0) is 20.5. The minimum absolute atomic E-state index is 0.319. The Morgan fingerprint density at radius 2 is 1.90 bits per heavy atom. The maximum atomic E-state index is 14.0. The van der Waals surface area contributed by atoms with Gasteiger partial charge in [0.25, 0.3) is 0 Å². The third-order valence-electron chi connectivity index (χ3n) is 5.12. The lowest BCUT2D eigenvalue weighted by Gasteiger charge is -2.08. The lowest BCUT2D eigenvalue weighted by atomic mass is 9.98. The van der Waals surface area contributed by atoms with Gasteiger partial charge < -0.3 is 0 Å². The highest BCUT2D eigenvalue weighted by molar-refractivity contribution is 6.14. The van der Waals surface area contributed by atoms with Crippen molar-refractivity contribution in [3.8, 4) is 11.9 Å². The second-order valence-corrected chi connectivity index (χ2v) is 7.02. The fourth-order valence-corrected chi connectivity index (χ4v) is 3.44. The number of halogens is 1. The van der Waals surface area contributed by atoms with Crippen molar-refractivity contribution in [2.45, 2.75) is 27.2 Å². The van der Waals surface area contributed by atoms with Gasteiger partial charge in [-0.15, -0.1) is 0 Å². The molecule has 0 atom stereocenters. The van der Waals surface area contributed by atoms with Crippen molar-refractivity contribution in [3.05, 3.63) is 81.8 Å². The highest BCUT2D eigenvalue weighted by Gasteiger charge is 2.19. The quantitative estimate of drug-likeness (QED) is 0.685. The Balaban J connectivity index is 1.59. The van der Waals surface area contributed by atoms with Crippen LogP contribution in [0.1, 0.15) is 35.1 Å². The zero-order valence-electron chi connectivity index (χ0n) is 16.4. The molecule has 0 spiro atoms. The summed E-state index contributed by atoms with van der Waals surface area (Å²) in [4.78, 5) is 13.3. The minimum Gasteiger partial charge on any atom is -0.280 e. The van der Waals surface area contributed by atoms with E-state index in [0.29, 0.717) is 35.7 Å². The van der Waals surface area contributed by atoms with Crippen LogP contribution in [0.3, 0.4) is 0 Å². The summed E-state index contributed by atoms with van der Waals surface area (Å²) in [6, 6.07) is 11.4. The molecular weight excluding hydrogens is 367 g/mol. The first-order chi connectivity index (χ1) is 14.0. The Bertz CT molecular complexity index is 1200. The summed E-state index contributed by atoms with van der Waals surface area (Å²) < 4.78 is 15.5. The summed E-state index contributed by atoms with van der Waals surface area (Å²) >= 11 is 0. The standard InChI is InChI=1S/C22H19FN6/c1-13-18(11-25-22(13)17-6-4-16(10-24)5-7-17)8-19-9-20(27-12-26-19)29-15(3)21(23)14(2)28-29/h4-7,9,12H,8,11H2,1-3H3. The largest absolute Gasteiger partial charge is 0.280 e. The van der Waals surface area contributed by atoms with Crippen LogP contribution in [-0.4, -0.2) is 32.0 Å². The lowest BCUT2D eigenvalue weighted by Crippen LogP contribution is -2.06. The Morgan fingerprint density at radius 1 is 1.14 bits per heavy atom. The number of benzene rings is 1. The molecular formula is C22H19FN6. The van der Waals surface area contributed by atoms with Gasteiger partial charge in [-0.1, -0.05) is 12.1 Å². The SMILES string of the molecule is CC1=C(Cc2cc(-n3nc(C)c(F)c3C)ncn2)CN=C1c1ccc(C#N)cc1. The Morgan fingerprint density at radius 3 is 2.55 bits per heavy atom. The number of aromatic nitrogens is 4. The molecule has 0 unspecified atom stereocenters. The molecule has 7 heteroatoms. The van der Waals surface area contributed by atoms with E-state index in [1.165, 1.54) is 16.6 Å². The van der Waals surface area contributed by atoms with Gasteiger partial charge in [-0.05, 0) is 44.1 Å². The van der Waals surface area contributed by atoms with Crippen molar-refractivity contribution in [1.82, 2.24) is 19.7 Å². The van der Waals surface area contributed by atoms with Crippen LogP contribution in [0.5, 0.6) is 0 Å². The molecule has 0 fully saturated rings. The van der Waals surface area contributed by atoms with Gasteiger partial charge in [0.15, 0.2) is 11.6 Å². The second-order valence-electron chi connectivity index (χ2n) is 7.02. The van der Waals surface area contributed by atoms with Gasteiger partial charge in [-0.2, -0.15) is 10.4 Å². The van der Waals surface area contributed by atoms with Crippen molar-refractivity contribution in [2.24, 2.45) is 4.99 Å². The van der Waals surface area contributed by atoms with E-state index in [-0.39, 0.29) is 5.82 Å². The van der Waals surface area contributed by atoms with E-state index in [1.54, 1.807) is 26.0 Å². The van der Waals surface area contributed by atoms with E-state index in [9.17, 15) is 4.39 Å². The monoisotopic (exact) mass is 386 g/mol. The number of nitriles is 1. The fraction of sp³-hybridized carbons (Fsp3) is 0.227. The molecule has 0 aliphatic carbocycles. The lowest BCUT2D eigenvalue weighted by molar-refractivity contribution is 0.607. The molecule has 3 aromatic rings. The number of hydrogen-bond acceptors (Lipinski definition) is 5. The van der Waals surface area contributed by atoms with E-state index in [1.807, 2.05) is 18.2 Å². The van der Waals surface area contributed by atoms with Crippen LogP contribution in [0.4, 0.5) is 4.39 Å². The van der Waals surface area contributed by atoms with E-state index in [4.69, 9.17) is 5.26 Å². The highest BCUT2D eigenvalue weighted by atomic mass is 19.1. The molecule has 1 aliphatic rings. The number of allylic oxidation sites excluding steroid dienone is 1. The van der Waals surface area contributed by atoms with Crippen LogP contribution in [0.25, 0.3) is 5.82 Å². The van der Waals surface area contributed by atoms with Crippen LogP contribution in [0.2, 0.25) is 0 Å². The fourth-order valence-electron chi connectivity index (χ4n) is 3.44. The van der Waals surface area contributed by atoms with Gasteiger partial charge in [-0.3, -0.25) is 4.99 Å². The molecule has 3 heterocycles. The third-order valence-corrected chi connectivity index (χ3v) is 5.12. The Kier molecular flexibility index (Phi) is 4.77. The first-order valence-corrected chi connectivity index (χ1v) is 9.25. The summed E-state index contributed by atoms with van der Waals surface area (Å²) in [6.07, 6.45) is 2.11. The van der Waals surface area contributed by atoms with Gasteiger partial charge in [-0.25, -0.2) is 19.0 Å². The number of rotatable bonds is 4. The van der Waals surface area contributed by atoms with Gasteiger partial charge in [0.05, 0.1) is 41.0 Å². The number of hydrogen-bond donors (Lipinski definition) is 0. The Hall–Kier alpha value is -3.66. The Labute approximate surface area is 168 Å². The summed E-state index contributed by atoms with van der Waals surface area (Å²) in [7, 11) is 0. The molecule has 2 aromatic heterocycles. The van der Waals surface area contributed by atoms with Crippen molar-refractivity contribution in [3.63, 3.8) is 0 Å². The normalized spacial score (nSPS) is 13.6. The maximum absolute atomic E-state index is 14.0. The molecule has 0 saturated heterocycles. The molecule has 6 nitrogen and oxygen atoms in total. The highest BCUT2D eigenvalue weighted by Crippen LogP contribution is 2.24. The van der Waals surface area contributed by atoms with E-state index in [0.717, 1.165) is 22.5 Å². The first-order valence-electron chi connectivity index (χ1n) is 9.25. The second kappa shape index (κ2) is 7.40. The molecule has 1 aliphatic heterocycles. The molecule has 0 N–H and O–H groups in total. The van der Waals surface area contributed by atoms with Crippen LogP contribution in [0.15, 0.2) is 52.8 Å². The number of aliphatic imine (C=N–C) groups is 1. The van der Waals surface area contributed by atoms with Gasteiger partial charge in [0.2, 0.25) is 0 Å². The van der Waals surface area contributed by atoms with E-state index < -0.39 is 0 Å². The molecule has 4 rings (SSSR count). The number of aryl methyl sites for hydroxylation is 1. The molecule has 29 heavy (non-hydrogen) atoms. The maximum Gasteiger partial charge on any atom is 0.167 e. The first kappa shape index (κ1) is 18.7. The van der Waals surface area contributed by atoms with Gasteiger partial charge >= 0.3 is 0 Å². The van der Waals surface area contributed by atoms with Crippen molar-refractivity contribution < 1.29 is 4.39 Å². The molecule has 0 radical (unpaired) electrons. The smallest absolute Gasteiger partial charge is 0.167 e. The van der Waals surface area contributed by atoms with Crippen molar-refractivity contribution in [1.29, 1.82) is 5.26 Å². The predicted octanol–water partition coefficient (Wildman–Crippen LogP) is 3.65. The summed E-state index contributed by atoms with van der Waals surface area (Å²) in [5, 5.41) is 13.2. The third kappa shape index (κ3) is 3.45. The van der Waals surface area contributed by atoms with E-state index in [2.05, 4.69) is 33.1 Å². The summed E-state index contributed by atoms with van der Waals surface area (Å²) in [5.74, 6) is 0.226. The molecule has 144 valence electrons. The van der Waals surface area contributed by atoms with Crippen LogP contribution in [-0.2, 0) is 6.42 Å². The topological polar surface area (TPSA) is 79.8 Å². The molecule has 0 amide bonds. The van der Waals surface area contributed by atoms with Crippen LogP contribution in [0, 0.1) is 31.0 Å². The zero-order valence-corrected chi connectivity index (χ0v) is 16.4.